The van der Waals surface area contributed by atoms with Crippen LogP contribution in [0.5, 0.6) is 0 Å². The summed E-state index contributed by atoms with van der Waals surface area (Å²) in [7, 11) is 0. The van der Waals surface area contributed by atoms with Crippen LogP contribution in [0, 0.1) is 0 Å². The summed E-state index contributed by atoms with van der Waals surface area (Å²) < 4.78 is 5.31. The molecule has 0 bridgehead atoms. The summed E-state index contributed by atoms with van der Waals surface area (Å²) in [5.74, 6) is 0. The summed E-state index contributed by atoms with van der Waals surface area (Å²) in [6.45, 7) is 10.4. The first-order valence-electron chi connectivity index (χ1n) is 4.63. The van der Waals surface area contributed by atoms with Crippen molar-refractivity contribution in [2.24, 2.45) is 0 Å². The van der Waals surface area contributed by atoms with Crippen molar-refractivity contribution < 1.29 is 4.74 Å². The van der Waals surface area contributed by atoms with Gasteiger partial charge in [0.1, 0.15) is 0 Å². The Kier molecular flexibility index (Phi) is 3.29. The molecule has 0 aromatic heterocycles. The van der Waals surface area contributed by atoms with Crippen molar-refractivity contribution in [3.63, 3.8) is 0 Å². The molecular weight excluding hydrogens is 150 g/mol. The van der Waals surface area contributed by atoms with Gasteiger partial charge in [0.25, 0.3) is 0 Å². The van der Waals surface area contributed by atoms with Gasteiger partial charge in [0, 0.05) is 18.6 Å². The second-order valence-electron chi connectivity index (χ2n) is 3.75. The zero-order valence-corrected chi connectivity index (χ0v) is 8.34. The number of ether oxygens (including phenoxy) is 1. The smallest absolute Gasteiger partial charge is 0.0594 e. The second-order valence-corrected chi connectivity index (χ2v) is 3.75. The SMILES string of the molecule is C/C=C\C(C)(C)N1CCOCC1. The molecule has 2 nitrogen and oxygen atoms in total. The number of hydrogen-bond acceptors (Lipinski definition) is 2. The molecule has 1 saturated heterocycles. The lowest BCUT2D eigenvalue weighted by molar-refractivity contribution is 0.00472. The van der Waals surface area contributed by atoms with Crippen molar-refractivity contribution in [1.29, 1.82) is 0 Å². The molecule has 12 heavy (non-hydrogen) atoms. The Morgan fingerprint density at radius 2 is 1.83 bits per heavy atom. The topological polar surface area (TPSA) is 12.5 Å². The summed E-state index contributed by atoms with van der Waals surface area (Å²) in [6.07, 6.45) is 4.37. The molecule has 1 aliphatic rings. The van der Waals surface area contributed by atoms with E-state index in [9.17, 15) is 0 Å². The van der Waals surface area contributed by atoms with E-state index in [4.69, 9.17) is 4.74 Å². The second kappa shape index (κ2) is 4.06. The summed E-state index contributed by atoms with van der Waals surface area (Å²) in [4.78, 5) is 2.45. The fourth-order valence-corrected chi connectivity index (χ4v) is 1.65. The van der Waals surface area contributed by atoms with Crippen molar-refractivity contribution in [3.8, 4) is 0 Å². The molecule has 0 amide bonds. The van der Waals surface area contributed by atoms with Gasteiger partial charge in [0.05, 0.1) is 13.2 Å². The maximum Gasteiger partial charge on any atom is 0.0594 e. The van der Waals surface area contributed by atoms with Crippen LogP contribution < -0.4 is 0 Å². The summed E-state index contributed by atoms with van der Waals surface area (Å²) in [5.41, 5.74) is 0.193. The minimum Gasteiger partial charge on any atom is -0.379 e. The van der Waals surface area contributed by atoms with E-state index in [1.165, 1.54) is 0 Å². The van der Waals surface area contributed by atoms with E-state index < -0.39 is 0 Å². The molecule has 0 atom stereocenters. The molecule has 0 spiro atoms. The highest BCUT2D eigenvalue weighted by Gasteiger charge is 2.24. The van der Waals surface area contributed by atoms with E-state index >= 15 is 0 Å². The fraction of sp³-hybridized carbons (Fsp3) is 0.800. The molecule has 0 aliphatic carbocycles. The maximum atomic E-state index is 5.31. The lowest BCUT2D eigenvalue weighted by Crippen LogP contribution is -2.48. The summed E-state index contributed by atoms with van der Waals surface area (Å²) in [6, 6.07) is 0. The van der Waals surface area contributed by atoms with Crippen LogP contribution >= 0.6 is 0 Å². The van der Waals surface area contributed by atoms with Gasteiger partial charge in [-0.25, -0.2) is 0 Å². The molecule has 70 valence electrons. The number of allylic oxidation sites excluding steroid dienone is 1. The molecule has 0 aromatic carbocycles. The van der Waals surface area contributed by atoms with Crippen LogP contribution in [0.15, 0.2) is 12.2 Å². The quantitative estimate of drug-likeness (QED) is 0.583. The zero-order chi connectivity index (χ0) is 9.03. The number of hydrogen-bond donors (Lipinski definition) is 0. The Hall–Kier alpha value is -0.340. The molecule has 1 heterocycles. The third-order valence-corrected chi connectivity index (χ3v) is 2.40. The van der Waals surface area contributed by atoms with Crippen LogP contribution in [-0.2, 0) is 4.74 Å². The Balaban J connectivity index is 2.53. The highest BCUT2D eigenvalue weighted by atomic mass is 16.5. The molecule has 1 aliphatic heterocycles. The molecule has 0 aromatic rings. The van der Waals surface area contributed by atoms with Gasteiger partial charge >= 0.3 is 0 Å². The van der Waals surface area contributed by atoms with Crippen molar-refractivity contribution in [1.82, 2.24) is 4.90 Å². The monoisotopic (exact) mass is 169 g/mol. The Labute approximate surface area is 75.2 Å². The standard InChI is InChI=1S/C10H19NO/c1-4-5-10(2,3)11-6-8-12-9-7-11/h4-5H,6-9H2,1-3H3/b5-4-. The first kappa shape index (κ1) is 9.75. The average molecular weight is 169 g/mol. The van der Waals surface area contributed by atoms with Crippen LogP contribution in [0.2, 0.25) is 0 Å². The van der Waals surface area contributed by atoms with E-state index in [1.54, 1.807) is 0 Å². The summed E-state index contributed by atoms with van der Waals surface area (Å²) in [5, 5.41) is 0. The molecule has 0 N–H and O–H groups in total. The van der Waals surface area contributed by atoms with Crippen LogP contribution in [0.3, 0.4) is 0 Å². The molecule has 0 saturated carbocycles. The first-order valence-corrected chi connectivity index (χ1v) is 4.63. The average Bonchev–Trinajstić information content (AvgIpc) is 2.06. The van der Waals surface area contributed by atoms with Gasteiger partial charge in [0.2, 0.25) is 0 Å². The summed E-state index contributed by atoms with van der Waals surface area (Å²) >= 11 is 0. The largest absolute Gasteiger partial charge is 0.379 e. The van der Waals surface area contributed by atoms with E-state index in [-0.39, 0.29) is 5.54 Å². The maximum absolute atomic E-state index is 5.31. The van der Waals surface area contributed by atoms with Crippen LogP contribution in [-0.4, -0.2) is 36.7 Å². The molecular formula is C10H19NO. The normalized spacial score (nSPS) is 21.9. The predicted molar refractivity (Wildman–Crippen MR) is 51.3 cm³/mol. The van der Waals surface area contributed by atoms with E-state index in [0.29, 0.717) is 0 Å². The van der Waals surface area contributed by atoms with Crippen molar-refractivity contribution >= 4 is 0 Å². The molecule has 2 heteroatoms. The first-order chi connectivity index (χ1) is 5.67. The molecule has 1 rings (SSSR count). The fourth-order valence-electron chi connectivity index (χ4n) is 1.65. The van der Waals surface area contributed by atoms with Gasteiger partial charge in [-0.1, -0.05) is 12.2 Å². The Morgan fingerprint density at radius 3 is 2.33 bits per heavy atom. The Bertz CT molecular complexity index is 157. The van der Waals surface area contributed by atoms with E-state index in [0.717, 1.165) is 26.3 Å². The number of rotatable bonds is 2. The van der Waals surface area contributed by atoms with Crippen molar-refractivity contribution in [2.75, 3.05) is 26.3 Å². The lowest BCUT2D eigenvalue weighted by Gasteiger charge is -2.38. The van der Waals surface area contributed by atoms with Gasteiger partial charge in [-0.2, -0.15) is 0 Å². The van der Waals surface area contributed by atoms with Gasteiger partial charge in [-0.15, -0.1) is 0 Å². The number of morpholine rings is 1. The highest BCUT2D eigenvalue weighted by molar-refractivity contribution is 5.01. The van der Waals surface area contributed by atoms with Crippen molar-refractivity contribution in [2.45, 2.75) is 26.3 Å². The zero-order valence-electron chi connectivity index (χ0n) is 8.34. The predicted octanol–water partition coefficient (Wildman–Crippen LogP) is 1.67. The van der Waals surface area contributed by atoms with Crippen LogP contribution in [0.25, 0.3) is 0 Å². The minimum absolute atomic E-state index is 0.193. The van der Waals surface area contributed by atoms with Crippen molar-refractivity contribution in [3.05, 3.63) is 12.2 Å². The molecule has 0 unspecified atom stereocenters. The third kappa shape index (κ3) is 2.32. The third-order valence-electron chi connectivity index (χ3n) is 2.40. The molecule has 0 radical (unpaired) electrons. The van der Waals surface area contributed by atoms with Gasteiger partial charge < -0.3 is 4.74 Å². The minimum atomic E-state index is 0.193. The van der Waals surface area contributed by atoms with E-state index in [1.807, 2.05) is 0 Å². The van der Waals surface area contributed by atoms with Crippen LogP contribution in [0.1, 0.15) is 20.8 Å². The van der Waals surface area contributed by atoms with E-state index in [2.05, 4.69) is 37.8 Å². The lowest BCUT2D eigenvalue weighted by atomic mass is 10.0. The Morgan fingerprint density at radius 1 is 1.25 bits per heavy atom. The van der Waals surface area contributed by atoms with Gasteiger partial charge in [0.15, 0.2) is 0 Å². The van der Waals surface area contributed by atoms with Gasteiger partial charge in [-0.3, -0.25) is 4.90 Å². The number of nitrogens with zero attached hydrogens (tertiary/aromatic N) is 1. The van der Waals surface area contributed by atoms with Crippen LogP contribution in [0.4, 0.5) is 0 Å². The molecule has 1 fully saturated rings. The van der Waals surface area contributed by atoms with Gasteiger partial charge in [-0.05, 0) is 20.8 Å². The highest BCUT2D eigenvalue weighted by Crippen LogP contribution is 2.17.